The SMILES string of the molecule is FC(F)(F)C1CCCn2c(CNC3CCCC3)nnc21. The molecule has 4 nitrogen and oxygen atoms in total. The Morgan fingerprint density at radius 3 is 2.55 bits per heavy atom. The van der Waals surface area contributed by atoms with Gasteiger partial charge >= 0.3 is 6.18 Å². The molecular formula is C13H19F3N4. The van der Waals surface area contributed by atoms with Crippen LogP contribution in [-0.4, -0.2) is 27.0 Å². The molecule has 1 aromatic heterocycles. The van der Waals surface area contributed by atoms with Crippen molar-refractivity contribution in [3.8, 4) is 0 Å². The normalized spacial score (nSPS) is 24.1. The predicted octanol–water partition coefficient (Wildman–Crippen LogP) is 2.75. The lowest BCUT2D eigenvalue weighted by Crippen LogP contribution is -2.30. The lowest BCUT2D eigenvalue weighted by atomic mass is 9.98. The van der Waals surface area contributed by atoms with E-state index in [0.717, 1.165) is 12.8 Å². The van der Waals surface area contributed by atoms with Crippen molar-refractivity contribution in [1.82, 2.24) is 20.1 Å². The summed E-state index contributed by atoms with van der Waals surface area (Å²) in [4.78, 5) is 0. The van der Waals surface area contributed by atoms with Crippen LogP contribution in [-0.2, 0) is 13.1 Å². The average Bonchev–Trinajstić information content (AvgIpc) is 3.04. The van der Waals surface area contributed by atoms with Crippen LogP contribution in [0.5, 0.6) is 0 Å². The van der Waals surface area contributed by atoms with Crippen molar-refractivity contribution in [2.24, 2.45) is 0 Å². The van der Waals surface area contributed by atoms with Crippen LogP contribution in [0, 0.1) is 0 Å². The second-order valence-corrected chi connectivity index (χ2v) is 5.72. The predicted molar refractivity (Wildman–Crippen MR) is 67.1 cm³/mol. The average molecular weight is 288 g/mol. The Bertz CT molecular complexity index is 463. The van der Waals surface area contributed by atoms with Crippen LogP contribution in [0.15, 0.2) is 0 Å². The van der Waals surface area contributed by atoms with Gasteiger partial charge in [-0.05, 0) is 25.7 Å². The first-order valence-electron chi connectivity index (χ1n) is 7.28. The van der Waals surface area contributed by atoms with Crippen LogP contribution in [0.25, 0.3) is 0 Å². The molecule has 0 radical (unpaired) electrons. The molecule has 2 heterocycles. The summed E-state index contributed by atoms with van der Waals surface area (Å²) in [5.41, 5.74) is 0. The van der Waals surface area contributed by atoms with Gasteiger partial charge in [-0.1, -0.05) is 12.8 Å². The van der Waals surface area contributed by atoms with E-state index in [9.17, 15) is 13.2 Å². The third kappa shape index (κ3) is 2.68. The minimum Gasteiger partial charge on any atom is -0.313 e. The number of aromatic nitrogens is 3. The second kappa shape index (κ2) is 5.35. The Morgan fingerprint density at radius 2 is 1.85 bits per heavy atom. The van der Waals surface area contributed by atoms with Gasteiger partial charge in [-0.3, -0.25) is 0 Å². The number of halogens is 3. The molecule has 1 atom stereocenters. The zero-order valence-electron chi connectivity index (χ0n) is 11.3. The fourth-order valence-corrected chi connectivity index (χ4v) is 3.24. The first-order chi connectivity index (χ1) is 9.55. The molecule has 0 spiro atoms. The number of hydrogen-bond donors (Lipinski definition) is 1. The summed E-state index contributed by atoms with van der Waals surface area (Å²) in [6.07, 6.45) is 1.18. The molecule has 1 N–H and O–H groups in total. The van der Waals surface area contributed by atoms with Crippen LogP contribution in [0.3, 0.4) is 0 Å². The maximum absolute atomic E-state index is 13.0. The molecule has 0 saturated heterocycles. The van der Waals surface area contributed by atoms with Gasteiger partial charge in [0.05, 0.1) is 6.54 Å². The number of hydrogen-bond acceptors (Lipinski definition) is 3. The van der Waals surface area contributed by atoms with Crippen molar-refractivity contribution in [1.29, 1.82) is 0 Å². The van der Waals surface area contributed by atoms with E-state index in [2.05, 4.69) is 15.5 Å². The van der Waals surface area contributed by atoms with Gasteiger partial charge < -0.3 is 9.88 Å². The van der Waals surface area contributed by atoms with E-state index in [1.54, 1.807) is 4.57 Å². The van der Waals surface area contributed by atoms with Crippen molar-refractivity contribution < 1.29 is 13.2 Å². The molecule has 1 aliphatic heterocycles. The van der Waals surface area contributed by atoms with E-state index in [4.69, 9.17) is 0 Å². The van der Waals surface area contributed by atoms with Crippen molar-refractivity contribution in [3.05, 3.63) is 11.6 Å². The van der Waals surface area contributed by atoms with Crippen LogP contribution < -0.4 is 5.32 Å². The highest BCUT2D eigenvalue weighted by Crippen LogP contribution is 2.40. The van der Waals surface area contributed by atoms with Gasteiger partial charge in [0.1, 0.15) is 17.6 Å². The maximum atomic E-state index is 13.0. The van der Waals surface area contributed by atoms with Crippen molar-refractivity contribution in [3.63, 3.8) is 0 Å². The van der Waals surface area contributed by atoms with E-state index in [-0.39, 0.29) is 12.2 Å². The van der Waals surface area contributed by atoms with E-state index < -0.39 is 12.1 Å². The Morgan fingerprint density at radius 1 is 1.10 bits per heavy atom. The molecule has 1 unspecified atom stereocenters. The Hall–Kier alpha value is -1.11. The summed E-state index contributed by atoms with van der Waals surface area (Å²) < 4.78 is 40.5. The molecule has 1 fully saturated rings. The summed E-state index contributed by atoms with van der Waals surface area (Å²) in [5.74, 6) is -0.725. The third-order valence-corrected chi connectivity index (χ3v) is 4.34. The molecule has 2 aliphatic rings. The van der Waals surface area contributed by atoms with Crippen LogP contribution >= 0.6 is 0 Å². The highest BCUT2D eigenvalue weighted by molar-refractivity contribution is 5.07. The van der Waals surface area contributed by atoms with Crippen LogP contribution in [0.4, 0.5) is 13.2 Å². The first-order valence-corrected chi connectivity index (χ1v) is 7.28. The molecule has 1 aliphatic carbocycles. The highest BCUT2D eigenvalue weighted by Gasteiger charge is 2.45. The topological polar surface area (TPSA) is 42.7 Å². The van der Waals surface area contributed by atoms with Crippen LogP contribution in [0.1, 0.15) is 56.1 Å². The number of fused-ring (bicyclic) bond motifs is 1. The molecule has 3 rings (SSSR count). The minimum absolute atomic E-state index is 0.0898. The molecule has 0 aromatic carbocycles. The molecule has 112 valence electrons. The largest absolute Gasteiger partial charge is 0.398 e. The van der Waals surface area contributed by atoms with Gasteiger partial charge in [-0.25, -0.2) is 0 Å². The molecule has 0 bridgehead atoms. The molecular weight excluding hydrogens is 269 g/mol. The van der Waals surface area contributed by atoms with Crippen LogP contribution in [0.2, 0.25) is 0 Å². The van der Waals surface area contributed by atoms with E-state index in [1.165, 1.54) is 12.8 Å². The zero-order chi connectivity index (χ0) is 14.2. The Labute approximate surface area is 115 Å². The summed E-state index contributed by atoms with van der Waals surface area (Å²) >= 11 is 0. The third-order valence-electron chi connectivity index (χ3n) is 4.34. The number of rotatable bonds is 3. The van der Waals surface area contributed by atoms with Gasteiger partial charge in [0.15, 0.2) is 0 Å². The number of alkyl halides is 3. The Kier molecular flexibility index (Phi) is 3.70. The van der Waals surface area contributed by atoms with Gasteiger partial charge in [-0.2, -0.15) is 13.2 Å². The van der Waals surface area contributed by atoms with Gasteiger partial charge in [0, 0.05) is 12.6 Å². The van der Waals surface area contributed by atoms with Crippen molar-refractivity contribution in [2.75, 3.05) is 0 Å². The Balaban J connectivity index is 1.72. The quantitative estimate of drug-likeness (QED) is 0.930. The monoisotopic (exact) mass is 288 g/mol. The highest BCUT2D eigenvalue weighted by atomic mass is 19.4. The standard InChI is InChI=1S/C13H19F3N4/c14-13(15,16)10-6-3-7-20-11(18-19-12(10)20)8-17-9-4-1-2-5-9/h9-10,17H,1-8H2. The van der Waals surface area contributed by atoms with Gasteiger partial charge in [0.25, 0.3) is 0 Å². The van der Waals surface area contributed by atoms with Gasteiger partial charge in [0.2, 0.25) is 0 Å². The summed E-state index contributed by atoms with van der Waals surface area (Å²) in [5, 5.41) is 11.2. The van der Waals surface area contributed by atoms with Crippen molar-refractivity contribution in [2.45, 2.75) is 69.8 Å². The summed E-state index contributed by atoms with van der Waals surface area (Å²) in [6.45, 7) is 1.11. The lowest BCUT2D eigenvalue weighted by Gasteiger charge is -2.25. The lowest BCUT2D eigenvalue weighted by molar-refractivity contribution is -0.156. The molecule has 1 saturated carbocycles. The summed E-state index contributed by atoms with van der Waals surface area (Å²) in [6, 6.07) is 0.477. The fraction of sp³-hybridized carbons (Fsp3) is 0.846. The molecule has 1 aromatic rings. The molecule has 0 amide bonds. The van der Waals surface area contributed by atoms with E-state index >= 15 is 0 Å². The summed E-state index contributed by atoms with van der Waals surface area (Å²) in [7, 11) is 0. The smallest absolute Gasteiger partial charge is 0.313 e. The minimum atomic E-state index is -4.22. The maximum Gasteiger partial charge on any atom is 0.398 e. The molecule has 7 heteroatoms. The fourth-order valence-electron chi connectivity index (χ4n) is 3.24. The first kappa shape index (κ1) is 13.9. The van der Waals surface area contributed by atoms with E-state index in [0.29, 0.717) is 31.4 Å². The zero-order valence-corrected chi connectivity index (χ0v) is 11.3. The van der Waals surface area contributed by atoms with Crippen molar-refractivity contribution >= 4 is 0 Å². The molecule has 20 heavy (non-hydrogen) atoms. The second-order valence-electron chi connectivity index (χ2n) is 5.72. The van der Waals surface area contributed by atoms with Gasteiger partial charge in [-0.15, -0.1) is 10.2 Å². The number of nitrogens with zero attached hydrogens (tertiary/aromatic N) is 3. The van der Waals surface area contributed by atoms with E-state index in [1.807, 2.05) is 0 Å². The number of nitrogens with one attached hydrogen (secondary N) is 1.